The summed E-state index contributed by atoms with van der Waals surface area (Å²) in [6.45, 7) is 1.83. The Labute approximate surface area is 144 Å². The van der Waals surface area contributed by atoms with Crippen LogP contribution in [-0.2, 0) is 0 Å². The molecular weight excluding hydrogens is 327 g/mol. The minimum atomic E-state index is -0.984. The maximum Gasteiger partial charge on any atom is 0.252 e. The molecule has 1 aliphatic carbocycles. The molecule has 0 bridgehead atoms. The van der Waals surface area contributed by atoms with E-state index >= 15 is 0 Å². The first kappa shape index (κ1) is 17.2. The Morgan fingerprint density at radius 3 is 2.88 bits per heavy atom. The van der Waals surface area contributed by atoms with E-state index in [-0.39, 0.29) is 12.5 Å². The number of fused-ring (bicyclic) bond motifs is 1. The average molecular weight is 348 g/mol. The Kier molecular flexibility index (Phi) is 4.78. The van der Waals surface area contributed by atoms with E-state index in [0.717, 1.165) is 18.5 Å². The van der Waals surface area contributed by atoms with Gasteiger partial charge in [0, 0.05) is 29.3 Å². The monoisotopic (exact) mass is 348 g/mol. The lowest BCUT2D eigenvalue weighted by Gasteiger charge is -2.22. The normalized spacial score (nSPS) is 16.8. The standard InChI is InChI=1S/C18H21FN2O2S/c1-18(23,10-24-2)9-20-17(22)14-8-16(11-3-4-11)21-15-6-5-12(19)7-13(14)15/h5-8,11,23H,3-4,9-10H2,1-2H3,(H,20,22). The van der Waals surface area contributed by atoms with Crippen molar-refractivity contribution in [2.24, 2.45) is 0 Å². The average Bonchev–Trinajstić information content (AvgIpc) is 3.36. The first-order valence-corrected chi connectivity index (χ1v) is 9.39. The van der Waals surface area contributed by atoms with Crippen LogP contribution < -0.4 is 5.32 Å². The van der Waals surface area contributed by atoms with E-state index in [1.807, 2.05) is 6.26 Å². The number of carbonyl (C=O) groups excluding carboxylic acids is 1. The molecule has 1 heterocycles. The summed E-state index contributed by atoms with van der Waals surface area (Å²) in [5, 5.41) is 13.5. The summed E-state index contributed by atoms with van der Waals surface area (Å²) in [5.74, 6) is 0.209. The van der Waals surface area contributed by atoms with Crippen LogP contribution in [0.15, 0.2) is 24.3 Å². The van der Waals surface area contributed by atoms with Crippen molar-refractivity contribution < 1.29 is 14.3 Å². The highest BCUT2D eigenvalue weighted by Gasteiger charge is 2.27. The largest absolute Gasteiger partial charge is 0.387 e. The fourth-order valence-corrected chi connectivity index (χ4v) is 3.45. The Morgan fingerprint density at radius 1 is 1.46 bits per heavy atom. The van der Waals surface area contributed by atoms with Gasteiger partial charge in [0.05, 0.1) is 16.7 Å². The number of amides is 1. The fraction of sp³-hybridized carbons (Fsp3) is 0.444. The van der Waals surface area contributed by atoms with Crippen molar-refractivity contribution in [2.45, 2.75) is 31.3 Å². The molecule has 1 aromatic carbocycles. The number of hydrogen-bond donors (Lipinski definition) is 2. The van der Waals surface area contributed by atoms with Crippen molar-refractivity contribution >= 4 is 28.6 Å². The molecule has 0 aliphatic heterocycles. The molecule has 0 saturated heterocycles. The Hall–Kier alpha value is -1.66. The quantitative estimate of drug-likeness (QED) is 0.842. The third kappa shape index (κ3) is 3.87. The van der Waals surface area contributed by atoms with Crippen LogP contribution in [-0.4, -0.2) is 40.2 Å². The molecule has 6 heteroatoms. The number of nitrogens with one attached hydrogen (secondary N) is 1. The molecule has 2 N–H and O–H groups in total. The summed E-state index contributed by atoms with van der Waals surface area (Å²) in [4.78, 5) is 17.2. The number of aliphatic hydroxyl groups is 1. The van der Waals surface area contributed by atoms with E-state index in [4.69, 9.17) is 0 Å². The zero-order valence-electron chi connectivity index (χ0n) is 13.8. The summed E-state index contributed by atoms with van der Waals surface area (Å²) in [6.07, 6.45) is 4.05. The lowest BCUT2D eigenvalue weighted by molar-refractivity contribution is 0.0726. The van der Waals surface area contributed by atoms with Gasteiger partial charge < -0.3 is 10.4 Å². The molecule has 1 unspecified atom stereocenters. The van der Waals surface area contributed by atoms with E-state index in [1.54, 1.807) is 19.1 Å². The minimum Gasteiger partial charge on any atom is -0.387 e. The topological polar surface area (TPSA) is 62.2 Å². The van der Waals surface area contributed by atoms with Gasteiger partial charge in [0.2, 0.25) is 0 Å². The number of pyridine rings is 1. The highest BCUT2D eigenvalue weighted by atomic mass is 32.2. The van der Waals surface area contributed by atoms with Gasteiger partial charge in [0.1, 0.15) is 5.82 Å². The van der Waals surface area contributed by atoms with E-state index in [0.29, 0.717) is 28.1 Å². The summed E-state index contributed by atoms with van der Waals surface area (Å²) >= 11 is 1.51. The fourth-order valence-electron chi connectivity index (χ4n) is 2.72. The van der Waals surface area contributed by atoms with Gasteiger partial charge >= 0.3 is 0 Å². The van der Waals surface area contributed by atoms with Crippen molar-refractivity contribution in [3.8, 4) is 0 Å². The highest BCUT2D eigenvalue weighted by molar-refractivity contribution is 7.98. The van der Waals surface area contributed by atoms with Crippen LogP contribution in [0.4, 0.5) is 4.39 Å². The molecule has 128 valence electrons. The van der Waals surface area contributed by atoms with Gasteiger partial charge in [-0.15, -0.1) is 0 Å². The van der Waals surface area contributed by atoms with Gasteiger partial charge in [-0.25, -0.2) is 4.39 Å². The van der Waals surface area contributed by atoms with Crippen LogP contribution in [0.2, 0.25) is 0 Å². The maximum absolute atomic E-state index is 13.6. The molecule has 0 radical (unpaired) electrons. The molecule has 4 nitrogen and oxygen atoms in total. The number of halogens is 1. The van der Waals surface area contributed by atoms with Gasteiger partial charge in [-0.3, -0.25) is 9.78 Å². The van der Waals surface area contributed by atoms with Crippen molar-refractivity contribution in [1.29, 1.82) is 0 Å². The van der Waals surface area contributed by atoms with E-state index in [2.05, 4.69) is 10.3 Å². The third-order valence-corrected chi connectivity index (χ3v) is 5.03. The number of carbonyl (C=O) groups is 1. The first-order chi connectivity index (χ1) is 11.4. The predicted molar refractivity (Wildman–Crippen MR) is 95.0 cm³/mol. The van der Waals surface area contributed by atoms with Gasteiger partial charge in [-0.1, -0.05) is 0 Å². The molecule has 1 atom stereocenters. The summed E-state index contributed by atoms with van der Waals surface area (Å²) < 4.78 is 13.6. The van der Waals surface area contributed by atoms with Crippen molar-refractivity contribution in [3.63, 3.8) is 0 Å². The molecular formula is C18H21FN2O2S. The molecule has 1 saturated carbocycles. The van der Waals surface area contributed by atoms with Crippen LogP contribution in [0.25, 0.3) is 10.9 Å². The predicted octanol–water partition coefficient (Wildman–Crippen LogP) is 3.10. The molecule has 2 aromatic rings. The number of nitrogens with zero attached hydrogens (tertiary/aromatic N) is 1. The lowest BCUT2D eigenvalue weighted by atomic mass is 10.0. The summed E-state index contributed by atoms with van der Waals surface area (Å²) in [6, 6.07) is 6.07. The molecule has 1 amide bonds. The van der Waals surface area contributed by atoms with Crippen LogP contribution in [0.3, 0.4) is 0 Å². The van der Waals surface area contributed by atoms with Gasteiger partial charge in [-0.05, 0) is 50.3 Å². The number of rotatable bonds is 6. The van der Waals surface area contributed by atoms with Crippen LogP contribution >= 0.6 is 11.8 Å². The second kappa shape index (κ2) is 6.69. The van der Waals surface area contributed by atoms with E-state index in [1.165, 1.54) is 23.9 Å². The Balaban J connectivity index is 1.91. The summed E-state index contributed by atoms with van der Waals surface area (Å²) in [7, 11) is 0. The number of thioether (sulfide) groups is 1. The smallest absolute Gasteiger partial charge is 0.252 e. The molecule has 1 aromatic heterocycles. The zero-order valence-corrected chi connectivity index (χ0v) is 14.6. The molecule has 1 fully saturated rings. The number of hydrogen-bond acceptors (Lipinski definition) is 4. The van der Waals surface area contributed by atoms with Gasteiger partial charge in [-0.2, -0.15) is 11.8 Å². The lowest BCUT2D eigenvalue weighted by Crippen LogP contribution is -2.42. The van der Waals surface area contributed by atoms with Crippen LogP contribution in [0.5, 0.6) is 0 Å². The molecule has 1 aliphatic rings. The highest BCUT2D eigenvalue weighted by Crippen LogP contribution is 2.40. The first-order valence-electron chi connectivity index (χ1n) is 7.99. The minimum absolute atomic E-state index is 0.143. The Morgan fingerprint density at radius 2 is 2.21 bits per heavy atom. The number of aromatic nitrogens is 1. The number of benzene rings is 1. The van der Waals surface area contributed by atoms with Crippen molar-refractivity contribution in [3.05, 3.63) is 41.3 Å². The Bertz CT molecular complexity index is 775. The van der Waals surface area contributed by atoms with Crippen LogP contribution in [0.1, 0.15) is 41.7 Å². The van der Waals surface area contributed by atoms with E-state index < -0.39 is 11.4 Å². The molecule has 24 heavy (non-hydrogen) atoms. The zero-order chi connectivity index (χ0) is 17.3. The van der Waals surface area contributed by atoms with Gasteiger partial charge in [0.15, 0.2) is 0 Å². The van der Waals surface area contributed by atoms with Crippen molar-refractivity contribution in [2.75, 3.05) is 18.6 Å². The summed E-state index contributed by atoms with van der Waals surface area (Å²) in [5.41, 5.74) is 0.945. The maximum atomic E-state index is 13.6. The SMILES string of the molecule is CSCC(C)(O)CNC(=O)c1cc(C2CC2)nc2ccc(F)cc12. The van der Waals surface area contributed by atoms with Crippen molar-refractivity contribution in [1.82, 2.24) is 10.3 Å². The molecule has 3 rings (SSSR count). The van der Waals surface area contributed by atoms with E-state index in [9.17, 15) is 14.3 Å². The van der Waals surface area contributed by atoms with Crippen LogP contribution in [0, 0.1) is 5.82 Å². The third-order valence-electron chi connectivity index (χ3n) is 4.12. The van der Waals surface area contributed by atoms with Gasteiger partial charge in [0.25, 0.3) is 5.91 Å². The second-order valence-corrected chi connectivity index (χ2v) is 7.51. The molecule has 0 spiro atoms. The second-order valence-electron chi connectivity index (χ2n) is 6.64.